The molecular weight excluding hydrogens is 210 g/mol. The van der Waals surface area contributed by atoms with Gasteiger partial charge in [-0.3, -0.25) is 0 Å². The summed E-state index contributed by atoms with van der Waals surface area (Å²) in [4.78, 5) is 0. The Morgan fingerprint density at radius 2 is 2.07 bits per heavy atom. The van der Waals surface area contributed by atoms with E-state index >= 15 is 0 Å². The summed E-state index contributed by atoms with van der Waals surface area (Å²) in [5.74, 6) is 2.25. The zero-order chi connectivity index (χ0) is 11.3. The quantitative estimate of drug-likeness (QED) is 0.598. The van der Waals surface area contributed by atoms with Crippen LogP contribution in [0.2, 0.25) is 0 Å². The maximum absolute atomic E-state index is 5.25. The number of hydrogen-bond acceptors (Lipinski definition) is 5. The molecule has 0 aromatic carbocycles. The molecule has 5 heteroatoms. The molecule has 1 rings (SSSR count). The third-order valence-corrected chi connectivity index (χ3v) is 3.12. The molecule has 0 saturated carbocycles. The summed E-state index contributed by atoms with van der Waals surface area (Å²) in [6.45, 7) is 9.39. The zero-order valence-corrected chi connectivity index (χ0v) is 10.6. The lowest BCUT2D eigenvalue weighted by Gasteiger charge is -2.16. The summed E-state index contributed by atoms with van der Waals surface area (Å²) in [6, 6.07) is 0.551. The van der Waals surface area contributed by atoms with Gasteiger partial charge >= 0.3 is 0 Å². The fourth-order valence-corrected chi connectivity index (χ4v) is 1.67. The Bertz CT molecular complexity index is 288. The Morgan fingerprint density at radius 1 is 1.33 bits per heavy atom. The molecule has 0 amide bonds. The number of hydrogen-bond donors (Lipinski definition) is 1. The van der Waals surface area contributed by atoms with Gasteiger partial charge in [0.25, 0.3) is 5.22 Å². The monoisotopic (exact) mass is 229 g/mol. The number of nitrogens with zero attached hydrogens (tertiary/aromatic N) is 2. The highest BCUT2D eigenvalue weighted by atomic mass is 32.2. The van der Waals surface area contributed by atoms with Gasteiger partial charge in [0.05, 0.1) is 0 Å². The van der Waals surface area contributed by atoms with E-state index in [0.29, 0.717) is 23.1 Å². The van der Waals surface area contributed by atoms with Crippen LogP contribution in [0.4, 0.5) is 0 Å². The second-order valence-electron chi connectivity index (χ2n) is 3.92. The Morgan fingerprint density at radius 3 is 2.60 bits per heavy atom. The maximum Gasteiger partial charge on any atom is 0.276 e. The Balaban J connectivity index is 2.12. The average Bonchev–Trinajstić information content (AvgIpc) is 2.58. The van der Waals surface area contributed by atoms with Crippen molar-refractivity contribution in [1.82, 2.24) is 15.5 Å². The third kappa shape index (κ3) is 4.66. The van der Waals surface area contributed by atoms with Gasteiger partial charge in [0.2, 0.25) is 5.89 Å². The average molecular weight is 229 g/mol. The van der Waals surface area contributed by atoms with Crippen molar-refractivity contribution in [2.24, 2.45) is 5.92 Å². The van der Waals surface area contributed by atoms with E-state index in [4.69, 9.17) is 4.42 Å². The Hall–Kier alpha value is -0.550. The first-order valence-electron chi connectivity index (χ1n) is 5.26. The number of rotatable bonds is 6. The van der Waals surface area contributed by atoms with Gasteiger partial charge in [0.1, 0.15) is 0 Å². The van der Waals surface area contributed by atoms with Crippen molar-refractivity contribution in [1.29, 1.82) is 0 Å². The van der Waals surface area contributed by atoms with Crippen LogP contribution in [0.15, 0.2) is 9.64 Å². The molecule has 86 valence electrons. The summed E-state index contributed by atoms with van der Waals surface area (Å²) in [5.41, 5.74) is 0. The normalized spacial score (nSPS) is 13.4. The van der Waals surface area contributed by atoms with E-state index in [0.717, 1.165) is 12.3 Å². The number of aromatic nitrogens is 2. The van der Waals surface area contributed by atoms with E-state index in [-0.39, 0.29) is 0 Å². The van der Waals surface area contributed by atoms with Crippen molar-refractivity contribution in [2.75, 3.05) is 12.3 Å². The van der Waals surface area contributed by atoms with Crippen LogP contribution in [0.1, 0.15) is 26.7 Å². The van der Waals surface area contributed by atoms with Crippen LogP contribution in [0, 0.1) is 12.8 Å². The topological polar surface area (TPSA) is 51.0 Å². The van der Waals surface area contributed by atoms with Crippen LogP contribution in [0.3, 0.4) is 0 Å². The molecule has 4 nitrogen and oxygen atoms in total. The highest BCUT2D eigenvalue weighted by Crippen LogP contribution is 2.14. The predicted octanol–water partition coefficient (Wildman–Crippen LogP) is 2.10. The molecule has 1 aromatic heterocycles. The molecule has 0 saturated heterocycles. The minimum atomic E-state index is 0.551. The molecule has 0 spiro atoms. The summed E-state index contributed by atoms with van der Waals surface area (Å²) < 4.78 is 5.25. The molecule has 0 aliphatic carbocycles. The Labute approximate surface area is 95.2 Å². The number of nitrogens with one attached hydrogen (secondary N) is 1. The van der Waals surface area contributed by atoms with Crippen LogP contribution in [0.5, 0.6) is 0 Å². The fraction of sp³-hybridized carbons (Fsp3) is 0.800. The molecule has 15 heavy (non-hydrogen) atoms. The maximum atomic E-state index is 5.25. The van der Waals surface area contributed by atoms with Crippen molar-refractivity contribution in [3.05, 3.63) is 5.89 Å². The highest BCUT2D eigenvalue weighted by molar-refractivity contribution is 7.99. The second kappa shape index (κ2) is 6.12. The van der Waals surface area contributed by atoms with Crippen molar-refractivity contribution in [3.8, 4) is 0 Å². The van der Waals surface area contributed by atoms with Gasteiger partial charge in [-0.15, -0.1) is 10.2 Å². The van der Waals surface area contributed by atoms with Crippen LogP contribution in [0.25, 0.3) is 0 Å². The number of aryl methyl sites for hydroxylation is 1. The van der Waals surface area contributed by atoms with Crippen molar-refractivity contribution in [2.45, 2.75) is 39.0 Å². The van der Waals surface area contributed by atoms with Crippen molar-refractivity contribution >= 4 is 11.8 Å². The molecule has 1 unspecified atom stereocenters. The first kappa shape index (κ1) is 12.5. The van der Waals surface area contributed by atoms with E-state index in [1.807, 2.05) is 0 Å². The van der Waals surface area contributed by atoms with Gasteiger partial charge in [-0.25, -0.2) is 0 Å². The first-order valence-corrected chi connectivity index (χ1v) is 6.24. The van der Waals surface area contributed by atoms with Crippen molar-refractivity contribution < 1.29 is 4.42 Å². The first-order chi connectivity index (χ1) is 7.09. The predicted molar refractivity (Wildman–Crippen MR) is 62.1 cm³/mol. The highest BCUT2D eigenvalue weighted by Gasteiger charge is 2.06. The SMILES string of the molecule is Cc1nnc(SCCNC(C)C(C)C)o1. The molecule has 1 atom stereocenters. The van der Waals surface area contributed by atoms with Gasteiger partial charge in [0, 0.05) is 25.3 Å². The summed E-state index contributed by atoms with van der Waals surface area (Å²) >= 11 is 1.59. The van der Waals surface area contributed by atoms with Crippen LogP contribution in [-0.2, 0) is 0 Å². The van der Waals surface area contributed by atoms with Crippen molar-refractivity contribution in [3.63, 3.8) is 0 Å². The molecule has 1 N–H and O–H groups in total. The van der Waals surface area contributed by atoms with E-state index in [2.05, 4.69) is 36.3 Å². The van der Waals surface area contributed by atoms with Crippen LogP contribution < -0.4 is 5.32 Å². The molecule has 0 aliphatic rings. The van der Waals surface area contributed by atoms with Gasteiger partial charge in [-0.2, -0.15) is 0 Å². The lowest BCUT2D eigenvalue weighted by molar-refractivity contribution is 0.426. The summed E-state index contributed by atoms with van der Waals surface area (Å²) in [7, 11) is 0. The standard InChI is InChI=1S/C10H19N3OS/c1-7(2)8(3)11-5-6-15-10-13-12-9(4)14-10/h7-8,11H,5-6H2,1-4H3. The smallest absolute Gasteiger partial charge is 0.276 e. The third-order valence-electron chi connectivity index (χ3n) is 2.30. The van der Waals surface area contributed by atoms with Gasteiger partial charge < -0.3 is 9.73 Å². The lowest BCUT2D eigenvalue weighted by Crippen LogP contribution is -2.32. The lowest BCUT2D eigenvalue weighted by atomic mass is 10.1. The zero-order valence-electron chi connectivity index (χ0n) is 9.78. The minimum Gasteiger partial charge on any atom is -0.416 e. The van der Waals surface area contributed by atoms with E-state index in [9.17, 15) is 0 Å². The Kier molecular flexibility index (Phi) is 5.11. The second-order valence-corrected chi connectivity index (χ2v) is 4.97. The summed E-state index contributed by atoms with van der Waals surface area (Å²) in [5, 5.41) is 11.8. The molecule has 0 bridgehead atoms. The summed E-state index contributed by atoms with van der Waals surface area (Å²) in [6.07, 6.45) is 0. The molecule has 1 heterocycles. The molecule has 0 aliphatic heterocycles. The molecule has 1 aromatic rings. The van der Waals surface area contributed by atoms with Gasteiger partial charge in [0.15, 0.2) is 0 Å². The fourth-order valence-electron chi connectivity index (χ4n) is 0.997. The molecule has 0 radical (unpaired) electrons. The largest absolute Gasteiger partial charge is 0.416 e. The van der Waals surface area contributed by atoms with Gasteiger partial charge in [-0.1, -0.05) is 25.6 Å². The van der Waals surface area contributed by atoms with E-state index < -0.39 is 0 Å². The molecule has 0 fully saturated rings. The van der Waals surface area contributed by atoms with E-state index in [1.165, 1.54) is 0 Å². The van der Waals surface area contributed by atoms with E-state index in [1.54, 1.807) is 18.7 Å². The number of thioether (sulfide) groups is 1. The van der Waals surface area contributed by atoms with Gasteiger partial charge in [-0.05, 0) is 12.8 Å². The van der Waals surface area contributed by atoms with Crippen LogP contribution >= 0.6 is 11.8 Å². The molecular formula is C10H19N3OS. The van der Waals surface area contributed by atoms with Crippen LogP contribution in [-0.4, -0.2) is 28.5 Å². The minimum absolute atomic E-state index is 0.551.